The minimum atomic E-state index is -0.441. The van der Waals surface area contributed by atoms with Crippen LogP contribution in [0.2, 0.25) is 5.02 Å². The van der Waals surface area contributed by atoms with Gasteiger partial charge in [0.15, 0.2) is 0 Å². The average Bonchev–Trinajstić information content (AvgIpc) is 3.49. The molecule has 152 valence electrons. The Hall–Kier alpha value is -2.04. The van der Waals surface area contributed by atoms with Gasteiger partial charge in [0.05, 0.1) is 42.0 Å². The molecule has 1 N–H and O–H groups in total. The minimum Gasteiger partial charge on any atom is -0.495 e. The molecule has 29 heavy (non-hydrogen) atoms. The number of pyridine rings is 1. The van der Waals surface area contributed by atoms with Crippen molar-refractivity contribution in [2.75, 3.05) is 7.11 Å². The molecule has 0 saturated heterocycles. The SMILES string of the molecule is COc1ccc(C2CCC([C@@H](O)c3c(C4CC4)ccc4cncn34)CC2)cc1Cl. The van der Waals surface area contributed by atoms with Gasteiger partial charge in [-0.3, -0.25) is 0 Å². The lowest BCUT2D eigenvalue weighted by Gasteiger charge is -2.33. The molecule has 2 heterocycles. The zero-order valence-corrected chi connectivity index (χ0v) is 17.5. The molecule has 5 heteroatoms. The van der Waals surface area contributed by atoms with E-state index in [0.717, 1.165) is 42.6 Å². The van der Waals surface area contributed by atoms with Crippen molar-refractivity contribution in [2.24, 2.45) is 5.92 Å². The van der Waals surface area contributed by atoms with Gasteiger partial charge in [0.25, 0.3) is 0 Å². The summed E-state index contributed by atoms with van der Waals surface area (Å²) in [7, 11) is 1.64. The van der Waals surface area contributed by atoms with Crippen LogP contribution in [0.25, 0.3) is 5.52 Å². The first-order valence-corrected chi connectivity index (χ1v) is 11.0. The lowest BCUT2D eigenvalue weighted by molar-refractivity contribution is 0.0754. The maximum atomic E-state index is 11.4. The maximum absolute atomic E-state index is 11.4. The van der Waals surface area contributed by atoms with E-state index in [1.54, 1.807) is 7.11 Å². The number of benzene rings is 1. The molecule has 0 radical (unpaired) electrons. The Morgan fingerprint density at radius 1 is 1.07 bits per heavy atom. The number of halogens is 1. The van der Waals surface area contributed by atoms with Crippen LogP contribution in [0.3, 0.4) is 0 Å². The standard InChI is InChI=1S/C24H27ClN2O2/c1-29-22-11-8-18(12-21(22)25)15-2-6-17(7-3-15)24(28)23-20(16-4-5-16)10-9-19-13-26-14-27(19)23/h8-17,24,28H,2-7H2,1H3/t15?,17?,24-/m1/s1. The summed E-state index contributed by atoms with van der Waals surface area (Å²) in [5.74, 6) is 2.10. The van der Waals surface area contributed by atoms with Gasteiger partial charge in [-0.1, -0.05) is 23.7 Å². The Morgan fingerprint density at radius 3 is 2.52 bits per heavy atom. The van der Waals surface area contributed by atoms with E-state index in [1.807, 2.05) is 24.7 Å². The molecule has 0 aliphatic heterocycles. The minimum absolute atomic E-state index is 0.283. The number of aromatic nitrogens is 2. The van der Waals surface area contributed by atoms with E-state index in [9.17, 15) is 5.11 Å². The fraction of sp³-hybridized carbons (Fsp3) is 0.458. The van der Waals surface area contributed by atoms with Crippen molar-refractivity contribution in [1.82, 2.24) is 9.38 Å². The summed E-state index contributed by atoms with van der Waals surface area (Å²) >= 11 is 6.33. The van der Waals surface area contributed by atoms with Gasteiger partial charge < -0.3 is 14.2 Å². The predicted octanol–water partition coefficient (Wildman–Crippen LogP) is 5.88. The first kappa shape index (κ1) is 19.0. The second kappa shape index (κ2) is 7.66. The van der Waals surface area contributed by atoms with Crippen LogP contribution in [-0.4, -0.2) is 21.6 Å². The van der Waals surface area contributed by atoms with E-state index in [0.29, 0.717) is 16.9 Å². The Bertz CT molecular complexity index is 1020. The summed E-state index contributed by atoms with van der Waals surface area (Å²) < 4.78 is 7.38. The third-order valence-corrected chi connectivity index (χ3v) is 7.11. The van der Waals surface area contributed by atoms with Crippen LogP contribution in [0.15, 0.2) is 42.9 Å². The van der Waals surface area contributed by atoms with E-state index in [-0.39, 0.29) is 5.92 Å². The highest BCUT2D eigenvalue weighted by molar-refractivity contribution is 6.32. The molecule has 2 fully saturated rings. The van der Waals surface area contributed by atoms with Gasteiger partial charge in [-0.05, 0) is 85.6 Å². The molecule has 0 bridgehead atoms. The van der Waals surface area contributed by atoms with Crippen molar-refractivity contribution < 1.29 is 9.84 Å². The fourth-order valence-electron chi connectivity index (χ4n) is 5.01. The van der Waals surface area contributed by atoms with E-state index < -0.39 is 6.10 Å². The molecule has 2 aliphatic carbocycles. The van der Waals surface area contributed by atoms with Gasteiger partial charge in [0.1, 0.15) is 5.75 Å². The highest BCUT2D eigenvalue weighted by Crippen LogP contribution is 2.47. The van der Waals surface area contributed by atoms with Crippen molar-refractivity contribution in [2.45, 2.75) is 56.5 Å². The third-order valence-electron chi connectivity index (χ3n) is 6.82. The number of imidazole rings is 1. The number of aliphatic hydroxyl groups is 1. The zero-order valence-electron chi connectivity index (χ0n) is 16.7. The molecule has 3 aromatic rings. The summed E-state index contributed by atoms with van der Waals surface area (Å²) in [4.78, 5) is 4.31. The predicted molar refractivity (Wildman–Crippen MR) is 115 cm³/mol. The lowest BCUT2D eigenvalue weighted by atomic mass is 9.75. The van der Waals surface area contributed by atoms with E-state index in [4.69, 9.17) is 16.3 Å². The fourth-order valence-corrected chi connectivity index (χ4v) is 5.28. The zero-order chi connectivity index (χ0) is 20.0. The van der Waals surface area contributed by atoms with Gasteiger partial charge in [-0.25, -0.2) is 4.98 Å². The number of aliphatic hydroxyl groups excluding tert-OH is 1. The van der Waals surface area contributed by atoms with Crippen LogP contribution >= 0.6 is 11.6 Å². The summed E-state index contributed by atoms with van der Waals surface area (Å²) in [5.41, 5.74) is 4.72. The first-order valence-electron chi connectivity index (χ1n) is 10.6. The van der Waals surface area contributed by atoms with E-state index in [1.165, 1.54) is 24.0 Å². The Labute approximate surface area is 176 Å². The molecular formula is C24H27ClN2O2. The van der Waals surface area contributed by atoms with Crippen molar-refractivity contribution in [3.05, 3.63) is 64.7 Å². The summed E-state index contributed by atoms with van der Waals surface area (Å²) in [6.07, 6.45) is 9.92. The van der Waals surface area contributed by atoms with Crippen LogP contribution in [-0.2, 0) is 0 Å². The van der Waals surface area contributed by atoms with Crippen molar-refractivity contribution in [3.63, 3.8) is 0 Å². The van der Waals surface area contributed by atoms with Gasteiger partial charge in [-0.15, -0.1) is 0 Å². The molecule has 0 spiro atoms. The van der Waals surface area contributed by atoms with Gasteiger partial charge in [0, 0.05) is 0 Å². The third kappa shape index (κ3) is 3.53. The van der Waals surface area contributed by atoms with E-state index >= 15 is 0 Å². The van der Waals surface area contributed by atoms with Crippen molar-refractivity contribution >= 4 is 17.1 Å². The molecule has 0 unspecified atom stereocenters. The summed E-state index contributed by atoms with van der Waals surface area (Å²) in [5, 5.41) is 12.1. The molecule has 2 saturated carbocycles. The molecule has 4 nitrogen and oxygen atoms in total. The highest BCUT2D eigenvalue weighted by atomic mass is 35.5. The van der Waals surface area contributed by atoms with Gasteiger partial charge in [-0.2, -0.15) is 0 Å². The Morgan fingerprint density at radius 2 is 1.83 bits per heavy atom. The number of rotatable bonds is 5. The van der Waals surface area contributed by atoms with Crippen LogP contribution in [0.4, 0.5) is 0 Å². The largest absolute Gasteiger partial charge is 0.495 e. The quantitative estimate of drug-likeness (QED) is 0.571. The molecule has 0 amide bonds. The highest BCUT2D eigenvalue weighted by Gasteiger charge is 2.34. The average molecular weight is 411 g/mol. The van der Waals surface area contributed by atoms with Crippen LogP contribution in [0.5, 0.6) is 5.75 Å². The summed E-state index contributed by atoms with van der Waals surface area (Å²) in [6, 6.07) is 10.5. The van der Waals surface area contributed by atoms with Crippen molar-refractivity contribution in [1.29, 1.82) is 0 Å². The number of hydrogen-bond donors (Lipinski definition) is 1. The van der Waals surface area contributed by atoms with Crippen LogP contribution in [0, 0.1) is 5.92 Å². The van der Waals surface area contributed by atoms with Crippen LogP contribution in [0.1, 0.15) is 73.3 Å². The summed E-state index contributed by atoms with van der Waals surface area (Å²) in [6.45, 7) is 0. The molecular weight excluding hydrogens is 384 g/mol. The number of hydrogen-bond acceptors (Lipinski definition) is 3. The number of ether oxygens (including phenoxy) is 1. The van der Waals surface area contributed by atoms with E-state index in [2.05, 4.69) is 27.6 Å². The van der Waals surface area contributed by atoms with Crippen molar-refractivity contribution in [3.8, 4) is 5.75 Å². The number of nitrogens with zero attached hydrogens (tertiary/aromatic N) is 2. The smallest absolute Gasteiger partial charge is 0.137 e. The first-order chi connectivity index (χ1) is 14.2. The van der Waals surface area contributed by atoms with Gasteiger partial charge in [0.2, 0.25) is 0 Å². The number of fused-ring (bicyclic) bond motifs is 1. The second-order valence-electron chi connectivity index (χ2n) is 8.59. The maximum Gasteiger partial charge on any atom is 0.137 e. The Balaban J connectivity index is 1.35. The second-order valence-corrected chi connectivity index (χ2v) is 8.99. The Kier molecular flexibility index (Phi) is 5.00. The molecule has 5 rings (SSSR count). The normalized spacial score (nSPS) is 23.3. The molecule has 2 aliphatic rings. The monoisotopic (exact) mass is 410 g/mol. The van der Waals surface area contributed by atoms with Crippen LogP contribution < -0.4 is 4.74 Å². The number of methoxy groups -OCH3 is 1. The molecule has 1 aromatic carbocycles. The lowest BCUT2D eigenvalue weighted by Crippen LogP contribution is -2.22. The molecule has 1 atom stereocenters. The van der Waals surface area contributed by atoms with Gasteiger partial charge >= 0.3 is 0 Å². The molecule has 2 aromatic heterocycles. The topological polar surface area (TPSA) is 46.8 Å².